The van der Waals surface area contributed by atoms with Gasteiger partial charge in [-0.05, 0) is 32.9 Å². The highest BCUT2D eigenvalue weighted by Gasteiger charge is 2.29. The van der Waals surface area contributed by atoms with Gasteiger partial charge in [0.25, 0.3) is 0 Å². The van der Waals surface area contributed by atoms with Crippen molar-refractivity contribution in [3.63, 3.8) is 0 Å². The largest absolute Gasteiger partial charge is 0.476 e. The van der Waals surface area contributed by atoms with Crippen LogP contribution < -0.4 is 10.1 Å². The normalized spacial score (nSPS) is 20.7. The molecule has 1 N–H and O–H groups in total. The summed E-state index contributed by atoms with van der Waals surface area (Å²) in [5, 5.41) is 4.13. The monoisotopic (exact) mass is 232 g/mol. The molecule has 0 atom stereocenters. The first-order valence-electron chi connectivity index (χ1n) is 4.69. The molecule has 1 saturated heterocycles. The highest BCUT2D eigenvalue weighted by Crippen LogP contribution is 2.31. The maximum absolute atomic E-state index is 5.90. The SMILES string of the molecule is CC1(Oc2cnc(Cl)s2)CCNCC1. The van der Waals surface area contributed by atoms with Crippen LogP contribution in [0.5, 0.6) is 5.06 Å². The number of rotatable bonds is 2. The van der Waals surface area contributed by atoms with E-state index in [4.69, 9.17) is 16.3 Å². The summed E-state index contributed by atoms with van der Waals surface area (Å²) in [5.74, 6) is 0. The number of nitrogens with one attached hydrogen (secondary N) is 1. The van der Waals surface area contributed by atoms with Gasteiger partial charge >= 0.3 is 0 Å². The van der Waals surface area contributed by atoms with Crippen molar-refractivity contribution in [3.05, 3.63) is 10.7 Å². The van der Waals surface area contributed by atoms with Crippen LogP contribution in [0.1, 0.15) is 19.8 Å². The van der Waals surface area contributed by atoms with Gasteiger partial charge in [-0.15, -0.1) is 0 Å². The van der Waals surface area contributed by atoms with E-state index in [2.05, 4.69) is 17.2 Å². The zero-order valence-corrected chi connectivity index (χ0v) is 9.62. The van der Waals surface area contributed by atoms with Crippen LogP contribution >= 0.6 is 22.9 Å². The zero-order valence-electron chi connectivity index (χ0n) is 8.05. The van der Waals surface area contributed by atoms with Crippen molar-refractivity contribution in [3.8, 4) is 5.06 Å². The lowest BCUT2D eigenvalue weighted by atomic mass is 9.95. The number of halogens is 1. The summed E-state index contributed by atoms with van der Waals surface area (Å²) in [7, 11) is 0. The number of piperidine rings is 1. The summed E-state index contributed by atoms with van der Waals surface area (Å²) in [6, 6.07) is 0. The summed E-state index contributed by atoms with van der Waals surface area (Å²) in [6.07, 6.45) is 3.76. The summed E-state index contributed by atoms with van der Waals surface area (Å²) >= 11 is 7.13. The van der Waals surface area contributed by atoms with Gasteiger partial charge in [0.1, 0.15) is 5.60 Å². The molecule has 0 spiro atoms. The number of hydrogen-bond acceptors (Lipinski definition) is 4. The van der Waals surface area contributed by atoms with Gasteiger partial charge in [0.2, 0.25) is 0 Å². The Bertz CT molecular complexity index is 310. The van der Waals surface area contributed by atoms with Gasteiger partial charge in [0.15, 0.2) is 9.53 Å². The van der Waals surface area contributed by atoms with Gasteiger partial charge in [-0.25, -0.2) is 4.98 Å². The maximum atomic E-state index is 5.90. The Morgan fingerprint density at radius 3 is 2.86 bits per heavy atom. The fourth-order valence-electron chi connectivity index (χ4n) is 1.59. The van der Waals surface area contributed by atoms with Gasteiger partial charge < -0.3 is 10.1 Å². The second-order valence-corrected chi connectivity index (χ2v) is 5.31. The minimum absolute atomic E-state index is 0.0545. The first kappa shape index (κ1) is 10.2. The van der Waals surface area contributed by atoms with Crippen LogP contribution in [0.4, 0.5) is 0 Å². The minimum Gasteiger partial charge on any atom is -0.476 e. The molecule has 1 fully saturated rings. The molecule has 0 aromatic carbocycles. The molecule has 0 saturated carbocycles. The predicted molar refractivity (Wildman–Crippen MR) is 58.3 cm³/mol. The average Bonchev–Trinajstić information content (AvgIpc) is 2.51. The summed E-state index contributed by atoms with van der Waals surface area (Å²) in [5.41, 5.74) is -0.0545. The average molecular weight is 233 g/mol. The molecule has 0 aliphatic carbocycles. The van der Waals surface area contributed by atoms with Crippen molar-refractivity contribution in [2.75, 3.05) is 13.1 Å². The Labute approximate surface area is 92.4 Å². The van der Waals surface area contributed by atoms with E-state index in [1.165, 1.54) is 11.3 Å². The van der Waals surface area contributed by atoms with E-state index in [0.29, 0.717) is 4.47 Å². The van der Waals surface area contributed by atoms with Crippen molar-refractivity contribution in [2.24, 2.45) is 0 Å². The molecule has 78 valence electrons. The van der Waals surface area contributed by atoms with Gasteiger partial charge in [0.05, 0.1) is 6.20 Å². The quantitative estimate of drug-likeness (QED) is 0.850. The third-order valence-corrected chi connectivity index (χ3v) is 3.46. The van der Waals surface area contributed by atoms with Crippen LogP contribution in [0.15, 0.2) is 6.20 Å². The second-order valence-electron chi connectivity index (χ2n) is 3.73. The molecule has 14 heavy (non-hydrogen) atoms. The smallest absolute Gasteiger partial charge is 0.195 e. The van der Waals surface area contributed by atoms with E-state index in [0.717, 1.165) is 31.0 Å². The summed E-state index contributed by atoms with van der Waals surface area (Å²) in [4.78, 5) is 3.96. The molecule has 2 rings (SSSR count). The van der Waals surface area contributed by atoms with Gasteiger partial charge in [-0.2, -0.15) is 0 Å². The zero-order chi connectivity index (χ0) is 10.0. The molecule has 1 aliphatic rings. The first-order valence-corrected chi connectivity index (χ1v) is 5.88. The second kappa shape index (κ2) is 4.04. The van der Waals surface area contributed by atoms with E-state index >= 15 is 0 Å². The topological polar surface area (TPSA) is 34.1 Å². The molecule has 0 amide bonds. The predicted octanol–water partition coefficient (Wildman–Crippen LogP) is 2.32. The molecule has 5 heteroatoms. The van der Waals surface area contributed by atoms with E-state index in [-0.39, 0.29) is 5.60 Å². The standard InChI is InChI=1S/C9H13ClN2OS/c1-9(2-4-11-5-3-9)13-7-6-12-8(10)14-7/h6,11H,2-5H2,1H3. The van der Waals surface area contributed by atoms with Gasteiger partial charge in [-0.1, -0.05) is 22.9 Å². The molecule has 0 radical (unpaired) electrons. The third kappa shape index (κ3) is 2.38. The maximum Gasteiger partial charge on any atom is 0.195 e. The lowest BCUT2D eigenvalue weighted by Gasteiger charge is -2.33. The molecule has 1 aromatic rings. The molecule has 1 aliphatic heterocycles. The fourth-order valence-corrected chi connectivity index (χ4v) is 2.48. The number of ether oxygens (including phenoxy) is 1. The Balaban J connectivity index is 2.01. The Morgan fingerprint density at radius 2 is 2.29 bits per heavy atom. The molecular weight excluding hydrogens is 220 g/mol. The van der Waals surface area contributed by atoms with Crippen LogP contribution in [0.25, 0.3) is 0 Å². The molecule has 0 unspecified atom stereocenters. The highest BCUT2D eigenvalue weighted by molar-refractivity contribution is 7.17. The molecule has 0 bridgehead atoms. The molecule has 3 nitrogen and oxygen atoms in total. The van der Waals surface area contributed by atoms with Crippen molar-refractivity contribution in [1.29, 1.82) is 0 Å². The third-order valence-electron chi connectivity index (χ3n) is 2.46. The van der Waals surface area contributed by atoms with Crippen LogP contribution in [-0.2, 0) is 0 Å². The number of nitrogens with zero attached hydrogens (tertiary/aromatic N) is 1. The van der Waals surface area contributed by atoms with Crippen LogP contribution in [0, 0.1) is 0 Å². The molecular formula is C9H13ClN2OS. The Morgan fingerprint density at radius 1 is 1.57 bits per heavy atom. The summed E-state index contributed by atoms with van der Waals surface area (Å²) in [6.45, 7) is 4.17. The van der Waals surface area contributed by atoms with Crippen molar-refractivity contribution in [2.45, 2.75) is 25.4 Å². The van der Waals surface area contributed by atoms with E-state index < -0.39 is 0 Å². The lowest BCUT2D eigenvalue weighted by molar-refractivity contribution is 0.0594. The first-order chi connectivity index (χ1) is 6.68. The number of hydrogen-bond donors (Lipinski definition) is 1. The van der Waals surface area contributed by atoms with E-state index in [1.54, 1.807) is 6.20 Å². The summed E-state index contributed by atoms with van der Waals surface area (Å²) < 4.78 is 6.43. The lowest BCUT2D eigenvalue weighted by Crippen LogP contribution is -2.43. The molecule has 1 aromatic heterocycles. The van der Waals surface area contributed by atoms with Crippen LogP contribution in [0.2, 0.25) is 4.47 Å². The van der Waals surface area contributed by atoms with Crippen LogP contribution in [0.3, 0.4) is 0 Å². The number of aromatic nitrogens is 1. The fraction of sp³-hybridized carbons (Fsp3) is 0.667. The van der Waals surface area contributed by atoms with Crippen molar-refractivity contribution in [1.82, 2.24) is 10.3 Å². The van der Waals surface area contributed by atoms with E-state index in [1.807, 2.05) is 0 Å². The van der Waals surface area contributed by atoms with Crippen molar-refractivity contribution < 1.29 is 4.74 Å². The Kier molecular flexibility index (Phi) is 2.95. The molecule has 2 heterocycles. The number of thiazole rings is 1. The Hall–Kier alpha value is -0.320. The van der Waals surface area contributed by atoms with Crippen molar-refractivity contribution >= 4 is 22.9 Å². The van der Waals surface area contributed by atoms with Gasteiger partial charge in [0, 0.05) is 0 Å². The van der Waals surface area contributed by atoms with Gasteiger partial charge in [-0.3, -0.25) is 0 Å². The minimum atomic E-state index is -0.0545. The van der Waals surface area contributed by atoms with Crippen LogP contribution in [-0.4, -0.2) is 23.7 Å². The highest BCUT2D eigenvalue weighted by atomic mass is 35.5. The van der Waals surface area contributed by atoms with E-state index in [9.17, 15) is 0 Å².